The average molecular weight is 385 g/mol. The van der Waals surface area contributed by atoms with E-state index >= 15 is 0 Å². The van der Waals surface area contributed by atoms with Crippen molar-refractivity contribution in [3.63, 3.8) is 0 Å². The van der Waals surface area contributed by atoms with Crippen LogP contribution >= 0.6 is 0 Å². The molecule has 0 bridgehead atoms. The summed E-state index contributed by atoms with van der Waals surface area (Å²) in [6, 6.07) is 14.8. The first kappa shape index (κ1) is 22.7. The Morgan fingerprint density at radius 2 is 1.21 bits per heavy atom. The third kappa shape index (κ3) is 7.47. The van der Waals surface area contributed by atoms with Crippen molar-refractivity contribution in [3.05, 3.63) is 42.5 Å². The number of hydrogen-bond donors (Lipinski definition) is 0. The highest BCUT2D eigenvalue weighted by atomic mass is 16.5. The molecule has 2 aromatic carbocycles. The van der Waals surface area contributed by atoms with Crippen LogP contribution in [0, 0.1) is 0 Å². The van der Waals surface area contributed by atoms with Crippen LogP contribution in [0.15, 0.2) is 42.5 Å². The van der Waals surface area contributed by atoms with Crippen molar-refractivity contribution in [1.82, 2.24) is 0 Å². The molecule has 156 valence electrons. The summed E-state index contributed by atoms with van der Waals surface area (Å²) in [6.45, 7) is 13.1. The van der Waals surface area contributed by atoms with Crippen LogP contribution in [0.1, 0.15) is 72.1 Å². The third-order valence-corrected chi connectivity index (χ3v) is 6.53. The van der Waals surface area contributed by atoms with Crippen molar-refractivity contribution in [1.29, 1.82) is 0 Å². The number of hydrogen-bond acceptors (Lipinski definition) is 1. The summed E-state index contributed by atoms with van der Waals surface area (Å²) in [5.41, 5.74) is 0. The Morgan fingerprint density at radius 3 is 1.86 bits per heavy atom. The maximum atomic E-state index is 5.94. The summed E-state index contributed by atoms with van der Waals surface area (Å²) in [4.78, 5) is 0. The molecule has 0 saturated heterocycles. The van der Waals surface area contributed by atoms with Crippen molar-refractivity contribution in [2.45, 2.75) is 72.1 Å². The van der Waals surface area contributed by atoms with Gasteiger partial charge in [-0.3, -0.25) is 0 Å². The highest BCUT2D eigenvalue weighted by molar-refractivity contribution is 5.83. The van der Waals surface area contributed by atoms with Gasteiger partial charge in [0.05, 0.1) is 32.8 Å². The quantitative estimate of drug-likeness (QED) is 0.233. The molecule has 28 heavy (non-hydrogen) atoms. The molecule has 0 N–H and O–H groups in total. The zero-order valence-electron chi connectivity index (χ0n) is 18.6. The monoisotopic (exact) mass is 384 g/mol. The van der Waals surface area contributed by atoms with Crippen LogP contribution in [0.2, 0.25) is 0 Å². The minimum atomic E-state index is 0.837. The lowest BCUT2D eigenvalue weighted by Gasteiger charge is -2.35. The van der Waals surface area contributed by atoms with Gasteiger partial charge in [-0.15, -0.1) is 0 Å². The summed E-state index contributed by atoms with van der Waals surface area (Å²) < 4.78 is 7.24. The lowest BCUT2D eigenvalue weighted by atomic mass is 10.1. The van der Waals surface area contributed by atoms with Crippen LogP contribution in [0.3, 0.4) is 0 Å². The zero-order chi connectivity index (χ0) is 20.1. The molecule has 0 atom stereocenters. The minimum Gasteiger partial charge on any atom is -0.494 e. The topological polar surface area (TPSA) is 9.23 Å². The fourth-order valence-corrected chi connectivity index (χ4v) is 4.20. The molecule has 0 spiro atoms. The second-order valence-electron chi connectivity index (χ2n) is 8.20. The van der Waals surface area contributed by atoms with E-state index in [0.717, 1.165) is 18.8 Å². The van der Waals surface area contributed by atoms with Gasteiger partial charge in [0.1, 0.15) is 5.75 Å². The molecule has 0 amide bonds. The highest BCUT2D eigenvalue weighted by Gasteiger charge is 2.19. The molecule has 0 saturated carbocycles. The Bertz CT molecular complexity index is 654. The van der Waals surface area contributed by atoms with Crippen molar-refractivity contribution >= 4 is 10.8 Å². The molecule has 2 rings (SSSR count). The van der Waals surface area contributed by atoms with Gasteiger partial charge >= 0.3 is 0 Å². The van der Waals surface area contributed by atoms with Crippen LogP contribution in [0.5, 0.6) is 5.75 Å². The first-order valence-electron chi connectivity index (χ1n) is 11.7. The van der Waals surface area contributed by atoms with Crippen molar-refractivity contribution in [3.8, 4) is 5.75 Å². The van der Waals surface area contributed by atoms with Gasteiger partial charge in [-0.25, -0.2) is 0 Å². The predicted octanol–water partition coefficient (Wildman–Crippen LogP) is 7.22. The Balaban J connectivity index is 1.46. The van der Waals surface area contributed by atoms with Crippen molar-refractivity contribution in [2.75, 3.05) is 32.8 Å². The normalized spacial score (nSPS) is 11.8. The molecule has 0 aliphatic rings. The first-order chi connectivity index (χ1) is 13.7. The molecule has 2 nitrogen and oxygen atoms in total. The first-order valence-corrected chi connectivity index (χ1v) is 11.7. The summed E-state index contributed by atoms with van der Waals surface area (Å²) in [5.74, 6) is 0.999. The van der Waals surface area contributed by atoms with Gasteiger partial charge in [-0.1, -0.05) is 62.4 Å². The fraction of sp³-hybridized carbons (Fsp3) is 0.615. The van der Waals surface area contributed by atoms with Gasteiger partial charge in [0.15, 0.2) is 0 Å². The van der Waals surface area contributed by atoms with Gasteiger partial charge in [-0.2, -0.15) is 0 Å². The number of ether oxygens (including phenoxy) is 1. The largest absolute Gasteiger partial charge is 0.494 e. The standard InChI is InChI=1S/C26H42NO/c1-4-27(5-2,6-3)21-15-11-9-7-8-10-12-16-22-28-26-20-19-24-17-13-14-18-25(24)23-26/h13-14,17-20,23H,4-12,15-16,21-22H2,1-3H3/q+1. The minimum absolute atomic E-state index is 0.837. The van der Waals surface area contributed by atoms with E-state index in [9.17, 15) is 0 Å². The summed E-state index contributed by atoms with van der Waals surface area (Å²) in [6.07, 6.45) is 10.8. The molecule has 0 fully saturated rings. The average Bonchev–Trinajstić information content (AvgIpc) is 2.75. The van der Waals surface area contributed by atoms with Gasteiger partial charge in [0.25, 0.3) is 0 Å². The summed E-state index contributed by atoms with van der Waals surface area (Å²) in [5, 5.41) is 2.53. The smallest absolute Gasteiger partial charge is 0.119 e. The van der Waals surface area contributed by atoms with Crippen molar-refractivity contribution < 1.29 is 9.22 Å². The lowest BCUT2D eigenvalue weighted by Crippen LogP contribution is -2.48. The highest BCUT2D eigenvalue weighted by Crippen LogP contribution is 2.21. The van der Waals surface area contributed by atoms with Gasteiger partial charge in [-0.05, 0) is 62.9 Å². The number of quaternary nitrogens is 1. The van der Waals surface area contributed by atoms with E-state index < -0.39 is 0 Å². The van der Waals surface area contributed by atoms with E-state index in [2.05, 4.69) is 63.2 Å². The van der Waals surface area contributed by atoms with Crippen LogP contribution in [-0.4, -0.2) is 37.3 Å². The molecule has 0 aliphatic heterocycles. The van der Waals surface area contributed by atoms with Crippen LogP contribution in [0.4, 0.5) is 0 Å². The Hall–Kier alpha value is -1.54. The lowest BCUT2D eigenvalue weighted by molar-refractivity contribution is -0.923. The number of rotatable bonds is 15. The van der Waals surface area contributed by atoms with Gasteiger partial charge in [0.2, 0.25) is 0 Å². The van der Waals surface area contributed by atoms with E-state index in [4.69, 9.17) is 4.74 Å². The molecule has 0 aliphatic carbocycles. The molecule has 0 heterocycles. The zero-order valence-corrected chi connectivity index (χ0v) is 18.6. The maximum absolute atomic E-state index is 5.94. The van der Waals surface area contributed by atoms with Crippen LogP contribution in [0.25, 0.3) is 10.8 Å². The van der Waals surface area contributed by atoms with E-state index in [1.165, 1.54) is 86.4 Å². The third-order valence-electron chi connectivity index (χ3n) is 6.53. The SMILES string of the molecule is CC[N+](CC)(CC)CCCCCCCCCCOc1ccc2ccccc2c1. The van der Waals surface area contributed by atoms with Crippen LogP contribution in [-0.2, 0) is 0 Å². The van der Waals surface area contributed by atoms with E-state index in [0.29, 0.717) is 0 Å². The second kappa shape index (κ2) is 12.8. The molecule has 2 aromatic rings. The molecule has 0 radical (unpaired) electrons. The fourth-order valence-electron chi connectivity index (χ4n) is 4.20. The van der Waals surface area contributed by atoms with Crippen LogP contribution < -0.4 is 4.74 Å². The number of nitrogens with zero attached hydrogens (tertiary/aromatic N) is 1. The number of fused-ring (bicyclic) bond motifs is 1. The number of unbranched alkanes of at least 4 members (excludes halogenated alkanes) is 7. The molecule has 2 heteroatoms. The van der Waals surface area contributed by atoms with Crippen molar-refractivity contribution in [2.24, 2.45) is 0 Å². The Kier molecular flexibility index (Phi) is 10.4. The van der Waals surface area contributed by atoms with Gasteiger partial charge < -0.3 is 9.22 Å². The van der Waals surface area contributed by atoms with Gasteiger partial charge in [0, 0.05) is 0 Å². The summed E-state index contributed by atoms with van der Waals surface area (Å²) >= 11 is 0. The number of benzene rings is 2. The molecular weight excluding hydrogens is 342 g/mol. The van der Waals surface area contributed by atoms with E-state index in [-0.39, 0.29) is 0 Å². The summed E-state index contributed by atoms with van der Waals surface area (Å²) in [7, 11) is 0. The maximum Gasteiger partial charge on any atom is 0.119 e. The molecule has 0 aromatic heterocycles. The second-order valence-corrected chi connectivity index (χ2v) is 8.20. The Morgan fingerprint density at radius 1 is 0.643 bits per heavy atom. The van der Waals surface area contributed by atoms with E-state index in [1.54, 1.807) is 0 Å². The molecule has 0 unspecified atom stereocenters. The van der Waals surface area contributed by atoms with E-state index in [1.807, 2.05) is 0 Å². The predicted molar refractivity (Wildman–Crippen MR) is 123 cm³/mol. The molecular formula is C26H42NO+. The Labute approximate surface area is 173 Å².